The molecule has 1 unspecified atom stereocenters. The van der Waals surface area contributed by atoms with Gasteiger partial charge in [-0.3, -0.25) is 9.59 Å². The SMILES string of the molecule is CCC(=O)O[C@@H]1[C@H](C)C[C@H]2[C@@H]3C[C@H](F)C4CC(=O)CC[C@]4(C)[C@@]3(F)[C@@H](O)C[C@]12C. The van der Waals surface area contributed by atoms with E-state index in [1.165, 1.54) is 0 Å². The standard InChI is InChI=1S/C23H34F2O4/c1-5-19(28)29-20-12(2)8-14-15-10-17(24)16-9-13(26)6-7-22(16,4)23(15,25)18(27)11-21(14,20)3/h12,14-18,20,27H,5-11H2,1-4H3/t12-,14+,15+,16?,17+,18+,20-,21+,22+,23+/m1/s1. The Labute approximate surface area is 171 Å². The van der Waals surface area contributed by atoms with Crippen LogP contribution in [0.5, 0.6) is 0 Å². The quantitative estimate of drug-likeness (QED) is 0.691. The minimum Gasteiger partial charge on any atom is -0.461 e. The van der Waals surface area contributed by atoms with Crippen LogP contribution in [0, 0.1) is 34.5 Å². The number of alkyl halides is 2. The topological polar surface area (TPSA) is 63.6 Å². The summed E-state index contributed by atoms with van der Waals surface area (Å²) in [7, 11) is 0. The number of carbonyl (C=O) groups excluding carboxylic acids is 2. The molecule has 164 valence electrons. The van der Waals surface area contributed by atoms with Crippen molar-refractivity contribution in [3.05, 3.63) is 0 Å². The predicted molar refractivity (Wildman–Crippen MR) is 103 cm³/mol. The number of carbonyl (C=O) groups is 2. The average molecular weight is 413 g/mol. The molecule has 0 aliphatic heterocycles. The van der Waals surface area contributed by atoms with Crippen LogP contribution in [0.25, 0.3) is 0 Å². The average Bonchev–Trinajstić information content (AvgIpc) is 2.90. The molecule has 0 radical (unpaired) electrons. The van der Waals surface area contributed by atoms with Crippen LogP contribution in [0.3, 0.4) is 0 Å². The highest BCUT2D eigenvalue weighted by Crippen LogP contribution is 2.70. The van der Waals surface area contributed by atoms with Crippen LogP contribution < -0.4 is 0 Å². The lowest BCUT2D eigenvalue weighted by molar-refractivity contribution is -0.259. The van der Waals surface area contributed by atoms with E-state index in [1.807, 2.05) is 13.8 Å². The number of aliphatic hydroxyl groups is 1. The normalized spacial score (nSPS) is 54.3. The molecule has 6 heteroatoms. The molecule has 0 heterocycles. The molecular formula is C23H34F2O4. The van der Waals surface area contributed by atoms with E-state index in [-0.39, 0.29) is 62.1 Å². The number of fused-ring (bicyclic) bond motifs is 5. The molecule has 4 saturated carbocycles. The molecule has 10 atom stereocenters. The molecule has 0 aromatic carbocycles. The Morgan fingerprint density at radius 2 is 1.93 bits per heavy atom. The van der Waals surface area contributed by atoms with Gasteiger partial charge in [-0.15, -0.1) is 0 Å². The van der Waals surface area contributed by atoms with E-state index in [4.69, 9.17) is 4.74 Å². The monoisotopic (exact) mass is 412 g/mol. The second-order valence-electron chi connectivity index (χ2n) is 10.7. The lowest BCUT2D eigenvalue weighted by Crippen LogP contribution is -2.71. The summed E-state index contributed by atoms with van der Waals surface area (Å²) in [5.41, 5.74) is -3.54. The Balaban J connectivity index is 1.74. The summed E-state index contributed by atoms with van der Waals surface area (Å²) in [5.74, 6) is -1.72. The summed E-state index contributed by atoms with van der Waals surface area (Å²) in [6.07, 6.45) is -1.14. The van der Waals surface area contributed by atoms with Gasteiger partial charge >= 0.3 is 5.97 Å². The number of Topliss-reactive ketones (excluding diaryl/α,β-unsaturated/α-hetero) is 1. The molecule has 0 aromatic rings. The second kappa shape index (κ2) is 6.73. The largest absolute Gasteiger partial charge is 0.461 e. The summed E-state index contributed by atoms with van der Waals surface area (Å²) in [4.78, 5) is 24.0. The molecule has 4 aliphatic carbocycles. The third kappa shape index (κ3) is 2.69. The zero-order valence-corrected chi connectivity index (χ0v) is 17.9. The minimum atomic E-state index is -1.92. The fourth-order valence-electron chi connectivity index (χ4n) is 7.83. The van der Waals surface area contributed by atoms with Gasteiger partial charge < -0.3 is 9.84 Å². The van der Waals surface area contributed by atoms with Crippen molar-refractivity contribution in [3.63, 3.8) is 0 Å². The van der Waals surface area contributed by atoms with Crippen molar-refractivity contribution in [3.8, 4) is 0 Å². The molecule has 0 bridgehead atoms. The molecule has 4 aliphatic rings. The van der Waals surface area contributed by atoms with E-state index in [0.717, 1.165) is 0 Å². The number of hydrogen-bond donors (Lipinski definition) is 1. The summed E-state index contributed by atoms with van der Waals surface area (Å²) in [6.45, 7) is 7.47. The first kappa shape index (κ1) is 21.2. The van der Waals surface area contributed by atoms with Crippen molar-refractivity contribution in [1.29, 1.82) is 0 Å². The fraction of sp³-hybridized carbons (Fsp3) is 0.913. The van der Waals surface area contributed by atoms with Crippen LogP contribution in [0.4, 0.5) is 8.78 Å². The van der Waals surface area contributed by atoms with Crippen molar-refractivity contribution >= 4 is 11.8 Å². The molecule has 4 fully saturated rings. The predicted octanol–water partition coefficient (Wildman–Crippen LogP) is 4.18. The van der Waals surface area contributed by atoms with Gasteiger partial charge in [-0.25, -0.2) is 8.78 Å². The number of ketones is 1. The molecule has 4 rings (SSSR count). The van der Waals surface area contributed by atoms with Crippen LogP contribution in [0.15, 0.2) is 0 Å². The first-order valence-electron chi connectivity index (χ1n) is 11.2. The maximum absolute atomic E-state index is 17.0. The highest BCUT2D eigenvalue weighted by atomic mass is 19.1. The van der Waals surface area contributed by atoms with Crippen LogP contribution in [-0.4, -0.2) is 40.9 Å². The highest BCUT2D eigenvalue weighted by molar-refractivity contribution is 5.80. The second-order valence-corrected chi connectivity index (χ2v) is 10.7. The lowest BCUT2D eigenvalue weighted by Gasteiger charge is -2.65. The van der Waals surface area contributed by atoms with E-state index < -0.39 is 46.7 Å². The maximum atomic E-state index is 17.0. The molecule has 0 amide bonds. The lowest BCUT2D eigenvalue weighted by atomic mass is 9.42. The van der Waals surface area contributed by atoms with E-state index in [2.05, 4.69) is 0 Å². The van der Waals surface area contributed by atoms with Gasteiger partial charge in [0, 0.05) is 41.9 Å². The maximum Gasteiger partial charge on any atom is 0.305 e. The summed E-state index contributed by atoms with van der Waals surface area (Å²) >= 11 is 0. The fourth-order valence-corrected chi connectivity index (χ4v) is 7.83. The van der Waals surface area contributed by atoms with Crippen LogP contribution in [-0.2, 0) is 14.3 Å². The third-order valence-corrected chi connectivity index (χ3v) is 9.31. The molecule has 0 aromatic heterocycles. The van der Waals surface area contributed by atoms with Gasteiger partial charge in [-0.1, -0.05) is 27.7 Å². The van der Waals surface area contributed by atoms with Gasteiger partial charge in [0.1, 0.15) is 23.7 Å². The number of rotatable bonds is 2. The number of halogens is 2. The molecule has 0 saturated heterocycles. The van der Waals surface area contributed by atoms with Gasteiger partial charge in [0.05, 0.1) is 6.10 Å². The zero-order valence-electron chi connectivity index (χ0n) is 17.9. The third-order valence-electron chi connectivity index (χ3n) is 9.31. The van der Waals surface area contributed by atoms with Crippen LogP contribution in [0.1, 0.15) is 72.6 Å². The summed E-state index contributed by atoms with van der Waals surface area (Å²) in [6, 6.07) is 0. The van der Waals surface area contributed by atoms with E-state index in [1.54, 1.807) is 13.8 Å². The Kier molecular flexibility index (Phi) is 4.92. The Morgan fingerprint density at radius 3 is 2.59 bits per heavy atom. The Hall–Kier alpha value is -1.04. The van der Waals surface area contributed by atoms with Crippen molar-refractivity contribution in [2.45, 2.75) is 96.7 Å². The molecular weight excluding hydrogens is 378 g/mol. The number of aliphatic hydroxyl groups excluding tert-OH is 1. The zero-order chi connectivity index (χ0) is 21.4. The van der Waals surface area contributed by atoms with Crippen molar-refractivity contribution < 1.29 is 28.2 Å². The first-order chi connectivity index (χ1) is 13.5. The summed E-state index contributed by atoms with van der Waals surface area (Å²) in [5, 5.41) is 11.2. The van der Waals surface area contributed by atoms with Gasteiger partial charge in [0.25, 0.3) is 0 Å². The van der Waals surface area contributed by atoms with Gasteiger partial charge in [-0.2, -0.15) is 0 Å². The van der Waals surface area contributed by atoms with E-state index in [0.29, 0.717) is 6.42 Å². The minimum absolute atomic E-state index is 0.00616. The number of ether oxygens (including phenoxy) is 1. The molecule has 4 nitrogen and oxygen atoms in total. The van der Waals surface area contributed by atoms with Crippen LogP contribution >= 0.6 is 0 Å². The van der Waals surface area contributed by atoms with Gasteiger partial charge in [-0.05, 0) is 37.5 Å². The van der Waals surface area contributed by atoms with Gasteiger partial charge in [0.2, 0.25) is 0 Å². The van der Waals surface area contributed by atoms with Crippen LogP contribution in [0.2, 0.25) is 0 Å². The van der Waals surface area contributed by atoms with Gasteiger partial charge in [0.15, 0.2) is 0 Å². The Morgan fingerprint density at radius 1 is 1.24 bits per heavy atom. The molecule has 0 spiro atoms. The highest BCUT2D eigenvalue weighted by Gasteiger charge is 2.74. The Bertz CT molecular complexity index is 713. The van der Waals surface area contributed by atoms with E-state index in [9.17, 15) is 14.7 Å². The number of esters is 1. The molecule has 1 N–H and O–H groups in total. The number of hydrogen-bond acceptors (Lipinski definition) is 4. The van der Waals surface area contributed by atoms with Crippen molar-refractivity contribution in [1.82, 2.24) is 0 Å². The van der Waals surface area contributed by atoms with Crippen molar-refractivity contribution in [2.75, 3.05) is 0 Å². The first-order valence-corrected chi connectivity index (χ1v) is 11.2. The smallest absolute Gasteiger partial charge is 0.305 e. The van der Waals surface area contributed by atoms with E-state index >= 15 is 8.78 Å². The summed E-state index contributed by atoms with van der Waals surface area (Å²) < 4.78 is 38.1. The van der Waals surface area contributed by atoms with Crippen molar-refractivity contribution in [2.24, 2.45) is 34.5 Å². The molecule has 29 heavy (non-hydrogen) atoms.